The summed E-state index contributed by atoms with van der Waals surface area (Å²) in [6, 6.07) is 0.639. The largest absolute Gasteiger partial charge is 0.392 e. The van der Waals surface area contributed by atoms with Crippen LogP contribution in [0, 0.1) is 5.92 Å². The lowest BCUT2D eigenvalue weighted by Crippen LogP contribution is -2.53. The topological polar surface area (TPSA) is 32.7 Å². The molecule has 0 aromatic heterocycles. The fourth-order valence-electron chi connectivity index (χ4n) is 3.58. The van der Waals surface area contributed by atoms with Gasteiger partial charge in [0.2, 0.25) is 0 Å². The molecule has 1 N–H and O–H groups in total. The van der Waals surface area contributed by atoms with Crippen LogP contribution in [0.15, 0.2) is 0 Å². The van der Waals surface area contributed by atoms with E-state index < -0.39 is 0 Å². The molecule has 3 aliphatic rings. The summed E-state index contributed by atoms with van der Waals surface area (Å²) in [5.41, 5.74) is 0.168. The van der Waals surface area contributed by atoms with E-state index in [1.165, 1.54) is 24.3 Å². The third-order valence-corrected chi connectivity index (χ3v) is 6.22. The molecule has 0 aromatic rings. The molecule has 0 aromatic carbocycles. The van der Waals surface area contributed by atoms with Crippen LogP contribution < -0.4 is 0 Å². The summed E-state index contributed by atoms with van der Waals surface area (Å²) in [5.74, 6) is 2.90. The van der Waals surface area contributed by atoms with Gasteiger partial charge in [-0.2, -0.15) is 11.8 Å². The van der Waals surface area contributed by atoms with Crippen LogP contribution in [0.5, 0.6) is 0 Å². The van der Waals surface area contributed by atoms with Crippen LogP contribution in [-0.4, -0.2) is 59.0 Å². The van der Waals surface area contributed by atoms with Crippen LogP contribution in [0.25, 0.3) is 0 Å². The maximum absolute atomic E-state index is 10.1. The Kier molecular flexibility index (Phi) is 3.90. The number of hydrogen-bond acceptors (Lipinski definition) is 4. The van der Waals surface area contributed by atoms with Gasteiger partial charge in [0, 0.05) is 24.9 Å². The highest BCUT2D eigenvalue weighted by Gasteiger charge is 2.42. The monoisotopic (exact) mass is 271 g/mol. The second-order valence-electron chi connectivity index (χ2n) is 6.31. The molecule has 18 heavy (non-hydrogen) atoms. The Bertz CT molecular complexity index is 294. The van der Waals surface area contributed by atoms with Gasteiger partial charge in [0.1, 0.15) is 0 Å². The standard InChI is InChI=1S/C14H25NO2S/c1-11-2-5-15(9-13(11)16)12-3-6-17-14(8-12)4-7-18-10-14/h11-13,16H,2-10H2,1H3. The normalized spacial score (nSPS) is 46.7. The summed E-state index contributed by atoms with van der Waals surface area (Å²) >= 11 is 2.04. The molecular weight excluding hydrogens is 246 g/mol. The van der Waals surface area contributed by atoms with Crippen molar-refractivity contribution in [1.82, 2.24) is 4.90 Å². The van der Waals surface area contributed by atoms with Crippen molar-refractivity contribution in [3.63, 3.8) is 0 Å². The quantitative estimate of drug-likeness (QED) is 0.787. The molecule has 3 fully saturated rings. The minimum Gasteiger partial charge on any atom is -0.392 e. The Balaban J connectivity index is 1.62. The molecule has 0 amide bonds. The van der Waals surface area contributed by atoms with Gasteiger partial charge in [-0.05, 0) is 43.9 Å². The zero-order chi connectivity index (χ0) is 12.6. The fourth-order valence-corrected chi connectivity index (χ4v) is 4.96. The molecule has 1 spiro atoms. The first-order chi connectivity index (χ1) is 8.69. The molecule has 0 aliphatic carbocycles. The molecule has 3 saturated heterocycles. The number of likely N-dealkylation sites (tertiary alicyclic amines) is 1. The molecule has 4 heteroatoms. The number of aliphatic hydroxyl groups is 1. The first-order valence-electron chi connectivity index (χ1n) is 7.32. The van der Waals surface area contributed by atoms with Crippen LogP contribution in [0.4, 0.5) is 0 Å². The van der Waals surface area contributed by atoms with Crippen molar-refractivity contribution in [2.45, 2.75) is 50.4 Å². The van der Waals surface area contributed by atoms with E-state index in [4.69, 9.17) is 4.74 Å². The van der Waals surface area contributed by atoms with E-state index in [0.29, 0.717) is 12.0 Å². The SMILES string of the molecule is CC1CCN(C2CCOC3(CCSC3)C2)CC1O. The molecule has 0 bridgehead atoms. The van der Waals surface area contributed by atoms with E-state index in [-0.39, 0.29) is 11.7 Å². The number of piperidine rings is 1. The van der Waals surface area contributed by atoms with Crippen molar-refractivity contribution in [2.24, 2.45) is 5.92 Å². The van der Waals surface area contributed by atoms with E-state index in [0.717, 1.165) is 32.5 Å². The van der Waals surface area contributed by atoms with Crippen molar-refractivity contribution in [3.8, 4) is 0 Å². The fraction of sp³-hybridized carbons (Fsp3) is 1.00. The van der Waals surface area contributed by atoms with Gasteiger partial charge < -0.3 is 9.84 Å². The van der Waals surface area contributed by atoms with Crippen molar-refractivity contribution >= 4 is 11.8 Å². The third kappa shape index (κ3) is 2.58. The highest BCUT2D eigenvalue weighted by molar-refractivity contribution is 7.99. The average molecular weight is 271 g/mol. The Morgan fingerprint density at radius 1 is 1.39 bits per heavy atom. The minimum absolute atomic E-state index is 0.129. The second-order valence-corrected chi connectivity index (χ2v) is 7.41. The highest BCUT2D eigenvalue weighted by atomic mass is 32.2. The first-order valence-corrected chi connectivity index (χ1v) is 8.48. The number of thioether (sulfide) groups is 1. The van der Waals surface area contributed by atoms with Crippen molar-refractivity contribution < 1.29 is 9.84 Å². The minimum atomic E-state index is -0.129. The lowest BCUT2D eigenvalue weighted by atomic mass is 9.87. The Morgan fingerprint density at radius 3 is 3.00 bits per heavy atom. The summed E-state index contributed by atoms with van der Waals surface area (Å²) in [5, 5.41) is 10.1. The van der Waals surface area contributed by atoms with Crippen LogP contribution in [0.1, 0.15) is 32.6 Å². The molecule has 0 radical (unpaired) electrons. The lowest BCUT2D eigenvalue weighted by molar-refractivity contribution is -0.101. The van der Waals surface area contributed by atoms with Crippen LogP contribution in [-0.2, 0) is 4.74 Å². The maximum atomic E-state index is 10.1. The first kappa shape index (κ1) is 13.2. The molecule has 104 valence electrons. The molecule has 4 unspecified atom stereocenters. The molecule has 0 saturated carbocycles. The summed E-state index contributed by atoms with van der Waals surface area (Å²) in [6.45, 7) is 5.11. The van der Waals surface area contributed by atoms with Gasteiger partial charge in [-0.15, -0.1) is 0 Å². The van der Waals surface area contributed by atoms with Crippen molar-refractivity contribution in [3.05, 3.63) is 0 Å². The summed E-state index contributed by atoms with van der Waals surface area (Å²) < 4.78 is 6.09. The van der Waals surface area contributed by atoms with Gasteiger partial charge in [0.25, 0.3) is 0 Å². The Morgan fingerprint density at radius 2 is 2.28 bits per heavy atom. The number of hydrogen-bond donors (Lipinski definition) is 1. The number of ether oxygens (including phenoxy) is 1. The van der Waals surface area contributed by atoms with Crippen molar-refractivity contribution in [1.29, 1.82) is 0 Å². The van der Waals surface area contributed by atoms with Crippen molar-refractivity contribution in [2.75, 3.05) is 31.2 Å². The van der Waals surface area contributed by atoms with Gasteiger partial charge in [-0.3, -0.25) is 4.90 Å². The van der Waals surface area contributed by atoms with Gasteiger partial charge in [0.05, 0.1) is 11.7 Å². The Hall–Kier alpha value is 0.230. The molecule has 3 heterocycles. The second kappa shape index (κ2) is 5.31. The van der Waals surface area contributed by atoms with Crippen LogP contribution >= 0.6 is 11.8 Å². The summed E-state index contributed by atoms with van der Waals surface area (Å²) in [4.78, 5) is 2.53. The number of β-amino-alcohol motifs (C(OH)–C–C–N with tert-alkyl or cyclic N) is 1. The summed E-state index contributed by atoms with van der Waals surface area (Å²) in [7, 11) is 0. The lowest BCUT2D eigenvalue weighted by Gasteiger charge is -2.45. The van der Waals surface area contributed by atoms with E-state index in [2.05, 4.69) is 11.8 Å². The predicted molar refractivity (Wildman–Crippen MR) is 75.0 cm³/mol. The zero-order valence-corrected chi connectivity index (χ0v) is 12.1. The van der Waals surface area contributed by atoms with E-state index in [9.17, 15) is 5.11 Å². The van der Waals surface area contributed by atoms with E-state index in [1.807, 2.05) is 11.8 Å². The predicted octanol–water partition coefficient (Wildman–Crippen LogP) is 1.74. The molecule has 3 rings (SSSR count). The number of nitrogens with zero attached hydrogens (tertiary/aromatic N) is 1. The molecule has 4 atom stereocenters. The van der Waals surface area contributed by atoms with Gasteiger partial charge in [-0.1, -0.05) is 6.92 Å². The highest BCUT2D eigenvalue weighted by Crippen LogP contribution is 2.40. The average Bonchev–Trinajstić information content (AvgIpc) is 2.81. The van der Waals surface area contributed by atoms with Gasteiger partial charge in [0.15, 0.2) is 0 Å². The molecular formula is C14H25NO2S. The molecule has 3 nitrogen and oxygen atoms in total. The Labute approximate surface area is 114 Å². The van der Waals surface area contributed by atoms with Gasteiger partial charge >= 0.3 is 0 Å². The maximum Gasteiger partial charge on any atom is 0.0795 e. The summed E-state index contributed by atoms with van der Waals surface area (Å²) in [6.07, 6.45) is 4.56. The zero-order valence-electron chi connectivity index (χ0n) is 11.3. The number of rotatable bonds is 1. The van der Waals surface area contributed by atoms with E-state index in [1.54, 1.807) is 0 Å². The van der Waals surface area contributed by atoms with Crippen LogP contribution in [0.3, 0.4) is 0 Å². The van der Waals surface area contributed by atoms with Crippen LogP contribution in [0.2, 0.25) is 0 Å². The number of aliphatic hydroxyl groups excluding tert-OH is 1. The smallest absolute Gasteiger partial charge is 0.0795 e. The third-order valence-electron chi connectivity index (χ3n) is 5.00. The van der Waals surface area contributed by atoms with E-state index >= 15 is 0 Å². The van der Waals surface area contributed by atoms with Gasteiger partial charge in [-0.25, -0.2) is 0 Å². The molecule has 3 aliphatic heterocycles.